The fraction of sp³-hybridized carbons (Fsp3) is 0.350. The Kier molecular flexibility index (Phi) is 3.65. The van der Waals surface area contributed by atoms with Gasteiger partial charge in [0, 0.05) is 17.2 Å². The number of hydrogen-bond acceptors (Lipinski definition) is 3. The Morgan fingerprint density at radius 2 is 2.00 bits per heavy atom. The van der Waals surface area contributed by atoms with Crippen LogP contribution in [0.3, 0.4) is 0 Å². The molecule has 0 unspecified atom stereocenters. The Bertz CT molecular complexity index is 853. The molecule has 2 aromatic rings. The van der Waals surface area contributed by atoms with Crippen molar-refractivity contribution in [3.63, 3.8) is 0 Å². The van der Waals surface area contributed by atoms with Crippen LogP contribution in [0.5, 0.6) is 11.5 Å². The Balaban J connectivity index is 1.88. The number of rotatable bonds is 2. The summed E-state index contributed by atoms with van der Waals surface area (Å²) >= 11 is 5.73. The largest absolute Gasteiger partial charge is 0.493 e. The van der Waals surface area contributed by atoms with Gasteiger partial charge in [-0.3, -0.25) is 4.90 Å². The zero-order valence-electron chi connectivity index (χ0n) is 14.9. The molecule has 2 aromatic carbocycles. The third kappa shape index (κ3) is 2.29. The number of methoxy groups -OCH3 is 1. The number of aryl methyl sites for hydroxylation is 1. The second kappa shape index (κ2) is 5.63. The van der Waals surface area contributed by atoms with E-state index in [1.807, 2.05) is 18.2 Å². The second-order valence-corrected chi connectivity index (χ2v) is 7.31. The molecule has 0 radical (unpaired) electrons. The van der Waals surface area contributed by atoms with E-state index in [9.17, 15) is 0 Å². The van der Waals surface area contributed by atoms with E-state index in [4.69, 9.17) is 21.7 Å². The number of anilines is 1. The molecule has 1 saturated heterocycles. The van der Waals surface area contributed by atoms with E-state index in [0.29, 0.717) is 5.11 Å². The predicted octanol–water partition coefficient (Wildman–Crippen LogP) is 4.18. The monoisotopic (exact) mass is 354 g/mol. The van der Waals surface area contributed by atoms with Crippen LogP contribution in [-0.4, -0.2) is 17.9 Å². The van der Waals surface area contributed by atoms with Gasteiger partial charge < -0.3 is 14.8 Å². The molecule has 130 valence electrons. The lowest BCUT2D eigenvalue weighted by atomic mass is 9.80. The highest BCUT2D eigenvalue weighted by Crippen LogP contribution is 2.51. The van der Waals surface area contributed by atoms with Crippen LogP contribution in [0, 0.1) is 12.8 Å². The maximum Gasteiger partial charge on any atom is 0.191 e. The summed E-state index contributed by atoms with van der Waals surface area (Å²) < 4.78 is 12.1. The van der Waals surface area contributed by atoms with Crippen molar-refractivity contribution in [2.45, 2.75) is 32.5 Å². The summed E-state index contributed by atoms with van der Waals surface area (Å²) in [7, 11) is 1.67. The summed E-state index contributed by atoms with van der Waals surface area (Å²) in [5, 5.41) is 4.20. The Morgan fingerprint density at radius 1 is 1.24 bits per heavy atom. The third-order valence-corrected chi connectivity index (χ3v) is 5.70. The molecule has 1 fully saturated rings. The van der Waals surface area contributed by atoms with E-state index in [1.165, 1.54) is 5.56 Å². The van der Waals surface area contributed by atoms with Crippen LogP contribution >= 0.6 is 12.2 Å². The number of nitrogens with zero attached hydrogens (tertiary/aromatic N) is 1. The van der Waals surface area contributed by atoms with Gasteiger partial charge in [0.2, 0.25) is 0 Å². The van der Waals surface area contributed by atoms with Crippen LogP contribution < -0.4 is 19.7 Å². The van der Waals surface area contributed by atoms with E-state index < -0.39 is 5.72 Å². The maximum absolute atomic E-state index is 6.58. The maximum atomic E-state index is 6.58. The Hall–Kier alpha value is -2.27. The van der Waals surface area contributed by atoms with Gasteiger partial charge in [0.15, 0.2) is 22.3 Å². The fourth-order valence-corrected chi connectivity index (χ4v) is 4.33. The molecule has 1 N–H and O–H groups in total. The summed E-state index contributed by atoms with van der Waals surface area (Å²) in [5.41, 5.74) is 2.72. The smallest absolute Gasteiger partial charge is 0.191 e. The molecule has 0 saturated carbocycles. The molecule has 0 aliphatic carbocycles. The zero-order chi connectivity index (χ0) is 17.8. The van der Waals surface area contributed by atoms with Crippen LogP contribution in [0.15, 0.2) is 42.5 Å². The highest BCUT2D eigenvalue weighted by atomic mass is 32.1. The molecule has 3 atom stereocenters. The molecule has 2 heterocycles. The van der Waals surface area contributed by atoms with Gasteiger partial charge in [-0.05, 0) is 49.8 Å². The van der Waals surface area contributed by atoms with Gasteiger partial charge >= 0.3 is 0 Å². The number of benzene rings is 2. The minimum Gasteiger partial charge on any atom is -0.493 e. The van der Waals surface area contributed by atoms with Crippen molar-refractivity contribution in [3.8, 4) is 11.5 Å². The van der Waals surface area contributed by atoms with Crippen molar-refractivity contribution in [2.75, 3.05) is 12.0 Å². The quantitative estimate of drug-likeness (QED) is 0.818. The molecule has 2 aliphatic heterocycles. The van der Waals surface area contributed by atoms with Crippen molar-refractivity contribution < 1.29 is 9.47 Å². The van der Waals surface area contributed by atoms with E-state index in [2.05, 4.69) is 55.3 Å². The molecule has 25 heavy (non-hydrogen) atoms. The molecule has 4 nitrogen and oxygen atoms in total. The number of fused-ring (bicyclic) bond motifs is 4. The summed E-state index contributed by atoms with van der Waals surface area (Å²) in [4.78, 5) is 2.09. The molecule has 0 spiro atoms. The number of nitrogens with one attached hydrogen (secondary N) is 1. The first-order valence-electron chi connectivity index (χ1n) is 8.49. The van der Waals surface area contributed by atoms with E-state index >= 15 is 0 Å². The molecule has 2 bridgehead atoms. The van der Waals surface area contributed by atoms with Gasteiger partial charge in [-0.1, -0.05) is 31.2 Å². The van der Waals surface area contributed by atoms with Crippen molar-refractivity contribution in [2.24, 2.45) is 5.92 Å². The SMILES string of the molecule is COc1cccc2c1O[C@@]1(C)[C@@H](C)[C@H]2NC(=S)N1c1cccc(C)c1. The summed E-state index contributed by atoms with van der Waals surface area (Å²) in [6.07, 6.45) is 0. The van der Waals surface area contributed by atoms with Gasteiger partial charge in [0.25, 0.3) is 0 Å². The van der Waals surface area contributed by atoms with Crippen LogP contribution in [0.2, 0.25) is 0 Å². The first-order valence-corrected chi connectivity index (χ1v) is 8.90. The van der Waals surface area contributed by atoms with E-state index in [1.54, 1.807) is 7.11 Å². The highest BCUT2D eigenvalue weighted by Gasteiger charge is 2.54. The molecule has 0 aromatic heterocycles. The van der Waals surface area contributed by atoms with Crippen molar-refractivity contribution >= 4 is 23.0 Å². The van der Waals surface area contributed by atoms with Crippen molar-refractivity contribution in [3.05, 3.63) is 53.6 Å². The molecule has 4 rings (SSSR count). The lowest BCUT2D eigenvalue weighted by molar-refractivity contribution is -0.00546. The molecular formula is C20H22N2O2S. The van der Waals surface area contributed by atoms with Gasteiger partial charge in [-0.15, -0.1) is 0 Å². The molecule has 2 aliphatic rings. The van der Waals surface area contributed by atoms with Crippen LogP contribution in [0.4, 0.5) is 5.69 Å². The average molecular weight is 354 g/mol. The topological polar surface area (TPSA) is 33.7 Å². The number of ether oxygens (including phenoxy) is 2. The van der Waals surface area contributed by atoms with Crippen molar-refractivity contribution in [1.29, 1.82) is 0 Å². The third-order valence-electron chi connectivity index (χ3n) is 5.40. The number of thiocarbonyl (C=S) groups is 1. The average Bonchev–Trinajstić information content (AvgIpc) is 2.57. The van der Waals surface area contributed by atoms with E-state index in [-0.39, 0.29) is 12.0 Å². The minimum atomic E-state index is -0.595. The predicted molar refractivity (Wildman–Crippen MR) is 103 cm³/mol. The zero-order valence-corrected chi connectivity index (χ0v) is 15.7. The Morgan fingerprint density at radius 3 is 2.72 bits per heavy atom. The van der Waals surface area contributed by atoms with Crippen molar-refractivity contribution in [1.82, 2.24) is 5.32 Å². The fourth-order valence-electron chi connectivity index (χ4n) is 3.92. The van der Waals surface area contributed by atoms with Gasteiger partial charge in [0.05, 0.1) is 13.2 Å². The number of para-hydroxylation sites is 1. The molecule has 0 amide bonds. The molecular weight excluding hydrogens is 332 g/mol. The Labute approximate surface area is 153 Å². The normalized spacial score (nSPS) is 27.2. The lowest BCUT2D eigenvalue weighted by Crippen LogP contribution is -2.69. The van der Waals surface area contributed by atoms with Gasteiger partial charge in [-0.25, -0.2) is 0 Å². The van der Waals surface area contributed by atoms with E-state index in [0.717, 1.165) is 22.7 Å². The number of hydrogen-bond donors (Lipinski definition) is 1. The molecule has 5 heteroatoms. The van der Waals surface area contributed by atoms with Gasteiger partial charge in [-0.2, -0.15) is 0 Å². The first kappa shape index (κ1) is 16.2. The van der Waals surface area contributed by atoms with Crippen LogP contribution in [0.25, 0.3) is 0 Å². The van der Waals surface area contributed by atoms with Crippen LogP contribution in [-0.2, 0) is 0 Å². The highest BCUT2D eigenvalue weighted by molar-refractivity contribution is 7.80. The standard InChI is InChI=1S/C20H22N2O2S/c1-12-7-5-8-14(11-12)22-19(25)21-17-13(2)20(22,3)24-18-15(17)9-6-10-16(18)23-4/h5-11,13,17H,1-4H3,(H,21,25)/t13-,17+,20-/m0/s1. The summed E-state index contributed by atoms with van der Waals surface area (Å²) in [5.74, 6) is 1.74. The summed E-state index contributed by atoms with van der Waals surface area (Å²) in [6, 6.07) is 14.4. The summed E-state index contributed by atoms with van der Waals surface area (Å²) in [6.45, 7) is 6.39. The lowest BCUT2D eigenvalue weighted by Gasteiger charge is -2.56. The van der Waals surface area contributed by atoms with Gasteiger partial charge in [0.1, 0.15) is 0 Å². The first-order chi connectivity index (χ1) is 12.0. The second-order valence-electron chi connectivity index (χ2n) is 6.93. The minimum absolute atomic E-state index is 0.0948. The van der Waals surface area contributed by atoms with Crippen LogP contribution in [0.1, 0.15) is 31.0 Å².